The van der Waals surface area contributed by atoms with E-state index in [-0.39, 0.29) is 11.8 Å². The van der Waals surface area contributed by atoms with Crippen molar-refractivity contribution in [3.05, 3.63) is 64.7 Å². The van der Waals surface area contributed by atoms with Gasteiger partial charge in [-0.1, -0.05) is 35.9 Å². The monoisotopic (exact) mass is 311 g/mol. The lowest BCUT2D eigenvalue weighted by Gasteiger charge is -2.15. The topological polar surface area (TPSA) is 21.3 Å². The van der Waals surface area contributed by atoms with E-state index >= 15 is 0 Å². The van der Waals surface area contributed by atoms with E-state index in [9.17, 15) is 8.78 Å². The van der Waals surface area contributed by atoms with Crippen molar-refractivity contribution < 1.29 is 13.5 Å². The van der Waals surface area contributed by atoms with Gasteiger partial charge < -0.3 is 10.1 Å². The summed E-state index contributed by atoms with van der Waals surface area (Å²) in [6.45, 7) is -0.125. The summed E-state index contributed by atoms with van der Waals surface area (Å²) >= 11 is 5.96. The van der Waals surface area contributed by atoms with Crippen molar-refractivity contribution in [1.29, 1.82) is 0 Å². The fourth-order valence-corrected chi connectivity index (χ4v) is 2.15. The van der Waals surface area contributed by atoms with E-state index < -0.39 is 6.61 Å². The molecule has 0 bridgehead atoms. The first-order valence-corrected chi connectivity index (χ1v) is 6.95. The van der Waals surface area contributed by atoms with Crippen molar-refractivity contribution >= 4 is 11.6 Å². The van der Waals surface area contributed by atoms with E-state index in [1.54, 1.807) is 12.1 Å². The zero-order valence-corrected chi connectivity index (χ0v) is 12.3. The Morgan fingerprint density at radius 3 is 2.48 bits per heavy atom. The first-order chi connectivity index (χ1) is 10.0. The molecule has 1 N–H and O–H groups in total. The van der Waals surface area contributed by atoms with E-state index in [0.717, 1.165) is 11.1 Å². The zero-order chi connectivity index (χ0) is 15.2. The number of rotatable bonds is 6. The molecule has 0 aromatic heterocycles. The minimum atomic E-state index is -2.79. The molecule has 0 heterocycles. The van der Waals surface area contributed by atoms with Crippen LogP contribution < -0.4 is 10.1 Å². The summed E-state index contributed by atoms with van der Waals surface area (Å²) < 4.78 is 28.4. The van der Waals surface area contributed by atoms with Gasteiger partial charge in [-0.3, -0.25) is 0 Å². The largest absolute Gasteiger partial charge is 0.435 e. The Morgan fingerprint density at radius 1 is 1.14 bits per heavy atom. The van der Waals surface area contributed by atoms with Crippen LogP contribution in [0.2, 0.25) is 5.02 Å². The lowest BCUT2D eigenvalue weighted by atomic mass is 10.1. The third-order valence-corrected chi connectivity index (χ3v) is 3.34. The molecule has 1 atom stereocenters. The summed E-state index contributed by atoms with van der Waals surface area (Å²) in [6, 6.07) is 14.4. The van der Waals surface area contributed by atoms with Crippen molar-refractivity contribution in [2.45, 2.75) is 26.1 Å². The number of alkyl halides is 2. The Labute approximate surface area is 127 Å². The average Bonchev–Trinajstić information content (AvgIpc) is 2.45. The smallest absolute Gasteiger partial charge is 0.387 e. The summed E-state index contributed by atoms with van der Waals surface area (Å²) in [5.74, 6) is 0.164. The van der Waals surface area contributed by atoms with Crippen molar-refractivity contribution in [2.75, 3.05) is 0 Å². The second kappa shape index (κ2) is 7.38. The van der Waals surface area contributed by atoms with Crippen LogP contribution in [-0.2, 0) is 6.54 Å². The van der Waals surface area contributed by atoms with Gasteiger partial charge in [0.1, 0.15) is 5.75 Å². The molecular weight excluding hydrogens is 296 g/mol. The number of hydrogen-bond acceptors (Lipinski definition) is 2. The average molecular weight is 312 g/mol. The molecule has 5 heteroatoms. The van der Waals surface area contributed by atoms with Crippen molar-refractivity contribution in [2.24, 2.45) is 0 Å². The number of hydrogen-bond donors (Lipinski definition) is 1. The van der Waals surface area contributed by atoms with Gasteiger partial charge >= 0.3 is 6.61 Å². The van der Waals surface area contributed by atoms with Gasteiger partial charge in [-0.05, 0) is 42.3 Å². The molecule has 0 aliphatic heterocycles. The summed E-state index contributed by atoms with van der Waals surface area (Å²) in [6.07, 6.45) is 0. The second-order valence-corrected chi connectivity index (χ2v) is 5.12. The van der Waals surface area contributed by atoms with Crippen LogP contribution >= 0.6 is 11.6 Å². The summed E-state index contributed by atoms with van der Waals surface area (Å²) in [7, 11) is 0. The number of nitrogens with one attached hydrogen (secondary N) is 1. The van der Waals surface area contributed by atoms with Crippen LogP contribution in [0.1, 0.15) is 24.1 Å². The van der Waals surface area contributed by atoms with E-state index in [1.165, 1.54) is 12.1 Å². The third-order valence-electron chi connectivity index (χ3n) is 3.11. The molecule has 2 aromatic carbocycles. The van der Waals surface area contributed by atoms with E-state index in [0.29, 0.717) is 11.6 Å². The predicted octanol–water partition coefficient (Wildman–Crippen LogP) is 4.79. The van der Waals surface area contributed by atoms with Crippen LogP contribution in [0.5, 0.6) is 5.75 Å². The van der Waals surface area contributed by atoms with E-state index in [4.69, 9.17) is 11.6 Å². The SMILES string of the molecule is C[C@H](NCc1ccc(OC(F)F)cc1)c1cccc(Cl)c1. The van der Waals surface area contributed by atoms with Crippen molar-refractivity contribution in [3.8, 4) is 5.75 Å². The van der Waals surface area contributed by atoms with Gasteiger partial charge in [0.15, 0.2) is 0 Å². The number of benzene rings is 2. The minimum Gasteiger partial charge on any atom is -0.435 e. The van der Waals surface area contributed by atoms with Gasteiger partial charge in [0.05, 0.1) is 0 Å². The molecule has 0 unspecified atom stereocenters. The normalized spacial score (nSPS) is 12.4. The molecule has 21 heavy (non-hydrogen) atoms. The molecule has 0 spiro atoms. The van der Waals surface area contributed by atoms with Gasteiger partial charge in [-0.2, -0.15) is 8.78 Å². The van der Waals surface area contributed by atoms with Crippen LogP contribution in [0.25, 0.3) is 0 Å². The minimum absolute atomic E-state index is 0.140. The molecule has 0 radical (unpaired) electrons. The Kier molecular flexibility index (Phi) is 5.53. The second-order valence-electron chi connectivity index (χ2n) is 4.68. The van der Waals surface area contributed by atoms with Gasteiger partial charge in [0, 0.05) is 17.6 Å². The first kappa shape index (κ1) is 15.7. The highest BCUT2D eigenvalue weighted by atomic mass is 35.5. The number of ether oxygens (including phenoxy) is 1. The number of halogens is 3. The van der Waals surface area contributed by atoms with Crippen LogP contribution in [-0.4, -0.2) is 6.61 Å². The van der Waals surface area contributed by atoms with Crippen molar-refractivity contribution in [3.63, 3.8) is 0 Å². The molecule has 2 nitrogen and oxygen atoms in total. The Hall–Kier alpha value is -1.65. The molecule has 2 aromatic rings. The molecule has 0 saturated carbocycles. The summed E-state index contributed by atoms with van der Waals surface area (Å²) in [5, 5.41) is 4.06. The Bertz CT molecular complexity index is 575. The van der Waals surface area contributed by atoms with Gasteiger partial charge in [0.2, 0.25) is 0 Å². The molecule has 0 fully saturated rings. The maximum atomic E-state index is 12.0. The van der Waals surface area contributed by atoms with Crippen LogP contribution in [0.3, 0.4) is 0 Å². The molecule has 0 saturated heterocycles. The van der Waals surface area contributed by atoms with Crippen LogP contribution in [0.15, 0.2) is 48.5 Å². The maximum Gasteiger partial charge on any atom is 0.387 e. The highest BCUT2D eigenvalue weighted by molar-refractivity contribution is 6.30. The standard InChI is InChI=1S/C16H16ClF2NO/c1-11(13-3-2-4-14(17)9-13)20-10-12-5-7-15(8-6-12)21-16(18)19/h2-9,11,16,20H,10H2,1H3/t11-/m0/s1. The molecular formula is C16H16ClF2NO. The van der Waals surface area contributed by atoms with E-state index in [2.05, 4.69) is 10.1 Å². The quantitative estimate of drug-likeness (QED) is 0.828. The summed E-state index contributed by atoms with van der Waals surface area (Å²) in [5.41, 5.74) is 2.09. The predicted molar refractivity (Wildman–Crippen MR) is 79.8 cm³/mol. The van der Waals surface area contributed by atoms with Gasteiger partial charge in [-0.25, -0.2) is 0 Å². The van der Waals surface area contributed by atoms with E-state index in [1.807, 2.05) is 31.2 Å². The lowest BCUT2D eigenvalue weighted by Crippen LogP contribution is -2.18. The first-order valence-electron chi connectivity index (χ1n) is 6.57. The van der Waals surface area contributed by atoms with Crippen LogP contribution in [0, 0.1) is 0 Å². The Balaban J connectivity index is 1.90. The highest BCUT2D eigenvalue weighted by Gasteiger charge is 2.06. The molecule has 0 amide bonds. The molecule has 112 valence electrons. The van der Waals surface area contributed by atoms with Crippen molar-refractivity contribution in [1.82, 2.24) is 5.32 Å². The maximum absolute atomic E-state index is 12.0. The highest BCUT2D eigenvalue weighted by Crippen LogP contribution is 2.19. The Morgan fingerprint density at radius 2 is 1.86 bits per heavy atom. The third kappa shape index (κ3) is 4.99. The molecule has 0 aliphatic carbocycles. The fraction of sp³-hybridized carbons (Fsp3) is 0.250. The van der Waals surface area contributed by atoms with Crippen LogP contribution in [0.4, 0.5) is 8.78 Å². The fourth-order valence-electron chi connectivity index (χ4n) is 1.95. The molecule has 2 rings (SSSR count). The zero-order valence-electron chi connectivity index (χ0n) is 11.5. The summed E-state index contributed by atoms with van der Waals surface area (Å²) in [4.78, 5) is 0. The van der Waals surface area contributed by atoms with Gasteiger partial charge in [0.25, 0.3) is 0 Å². The van der Waals surface area contributed by atoms with Gasteiger partial charge in [-0.15, -0.1) is 0 Å². The lowest BCUT2D eigenvalue weighted by molar-refractivity contribution is -0.0498. The molecule has 0 aliphatic rings.